The maximum Gasteiger partial charge on any atom is 0.0425 e. The van der Waals surface area contributed by atoms with Gasteiger partial charge in [-0.2, -0.15) is 0 Å². The highest BCUT2D eigenvalue weighted by atomic mass is 32.1. The molecule has 0 saturated carbocycles. The molecular formula is C19H27NS. The molecule has 0 radical (unpaired) electrons. The maximum absolute atomic E-state index is 5.31. The molecule has 0 fully saturated rings. The van der Waals surface area contributed by atoms with E-state index in [2.05, 4.69) is 63.6 Å². The standard InChI is InChI=1S/C19H27NS/c1-7-10-19(15(3)17(5)21)16(4)20(6)13-18-12-9-8-11-14(18)2/h8-9,11-12H,3,7,10,13H2,1-2,4-6H3/b19-16-. The summed E-state index contributed by atoms with van der Waals surface area (Å²) in [5.74, 6) is 0. The molecule has 0 N–H and O–H groups in total. The molecule has 0 amide bonds. The molecule has 21 heavy (non-hydrogen) atoms. The SMILES string of the molecule is C=C(C(C)=S)/C(CCC)=C(/C)N(C)Cc1ccccc1C. The van der Waals surface area contributed by atoms with Gasteiger partial charge in [0.15, 0.2) is 0 Å². The van der Waals surface area contributed by atoms with Crippen LogP contribution in [0.2, 0.25) is 0 Å². The quantitative estimate of drug-likeness (QED) is 0.374. The molecule has 1 aromatic carbocycles. The van der Waals surface area contributed by atoms with Crippen LogP contribution in [0.5, 0.6) is 0 Å². The molecule has 1 aromatic rings. The van der Waals surface area contributed by atoms with Crippen molar-refractivity contribution in [3.8, 4) is 0 Å². The summed E-state index contributed by atoms with van der Waals surface area (Å²) >= 11 is 5.31. The van der Waals surface area contributed by atoms with Crippen molar-refractivity contribution in [3.63, 3.8) is 0 Å². The summed E-state index contributed by atoms with van der Waals surface area (Å²) in [5.41, 5.74) is 6.27. The van der Waals surface area contributed by atoms with Crippen LogP contribution in [0.3, 0.4) is 0 Å². The zero-order valence-electron chi connectivity index (χ0n) is 14.0. The van der Waals surface area contributed by atoms with Crippen molar-refractivity contribution in [1.29, 1.82) is 0 Å². The van der Waals surface area contributed by atoms with Crippen LogP contribution in [0.4, 0.5) is 0 Å². The third-order valence-corrected chi connectivity index (χ3v) is 4.21. The number of hydrogen-bond acceptors (Lipinski definition) is 2. The lowest BCUT2D eigenvalue weighted by atomic mass is 9.98. The summed E-state index contributed by atoms with van der Waals surface area (Å²) < 4.78 is 0. The Morgan fingerprint density at radius 2 is 1.86 bits per heavy atom. The van der Waals surface area contributed by atoms with E-state index in [0.29, 0.717) is 0 Å². The molecule has 114 valence electrons. The van der Waals surface area contributed by atoms with Crippen LogP contribution in [-0.4, -0.2) is 16.8 Å². The molecule has 0 aliphatic heterocycles. The van der Waals surface area contributed by atoms with Crippen LogP contribution in [0.1, 0.15) is 44.7 Å². The first kappa shape index (κ1) is 17.6. The molecule has 2 heteroatoms. The smallest absolute Gasteiger partial charge is 0.0425 e. The lowest BCUT2D eigenvalue weighted by molar-refractivity contribution is 0.406. The second-order valence-electron chi connectivity index (χ2n) is 5.63. The van der Waals surface area contributed by atoms with E-state index in [1.807, 2.05) is 6.92 Å². The highest BCUT2D eigenvalue weighted by Crippen LogP contribution is 2.24. The summed E-state index contributed by atoms with van der Waals surface area (Å²) in [4.78, 5) is 3.19. The van der Waals surface area contributed by atoms with E-state index in [4.69, 9.17) is 12.2 Å². The van der Waals surface area contributed by atoms with Crippen LogP contribution in [-0.2, 0) is 6.54 Å². The lowest BCUT2D eigenvalue weighted by Crippen LogP contribution is -2.19. The predicted molar refractivity (Wildman–Crippen MR) is 97.7 cm³/mol. The number of aryl methyl sites for hydroxylation is 1. The molecular weight excluding hydrogens is 274 g/mol. The Morgan fingerprint density at radius 1 is 1.24 bits per heavy atom. The Balaban J connectivity index is 3.03. The minimum Gasteiger partial charge on any atom is -0.374 e. The minimum atomic E-state index is 0.891. The first-order valence-electron chi connectivity index (χ1n) is 7.54. The van der Waals surface area contributed by atoms with Crippen LogP contribution < -0.4 is 0 Å². The van der Waals surface area contributed by atoms with E-state index in [9.17, 15) is 0 Å². The van der Waals surface area contributed by atoms with Gasteiger partial charge < -0.3 is 4.90 Å². The largest absolute Gasteiger partial charge is 0.374 e. The minimum absolute atomic E-state index is 0.891. The molecule has 0 aliphatic carbocycles. The van der Waals surface area contributed by atoms with Gasteiger partial charge in [0.05, 0.1) is 0 Å². The second kappa shape index (κ2) is 8.14. The second-order valence-corrected chi connectivity index (χ2v) is 6.24. The van der Waals surface area contributed by atoms with Crippen LogP contribution in [0.25, 0.3) is 0 Å². The number of allylic oxidation sites excluding steroid dienone is 3. The van der Waals surface area contributed by atoms with E-state index in [1.54, 1.807) is 0 Å². The molecule has 0 saturated heterocycles. The fraction of sp³-hybridized carbons (Fsp3) is 0.421. The van der Waals surface area contributed by atoms with Crippen LogP contribution in [0, 0.1) is 6.92 Å². The maximum atomic E-state index is 5.31. The zero-order valence-corrected chi connectivity index (χ0v) is 14.8. The Morgan fingerprint density at radius 3 is 2.38 bits per heavy atom. The van der Waals surface area contributed by atoms with Gasteiger partial charge in [-0.15, -0.1) is 0 Å². The number of hydrogen-bond donors (Lipinski definition) is 0. The van der Waals surface area contributed by atoms with Crippen LogP contribution in [0.15, 0.2) is 47.7 Å². The van der Waals surface area contributed by atoms with Gasteiger partial charge in [-0.05, 0) is 49.5 Å². The molecule has 0 aromatic heterocycles. The third kappa shape index (κ3) is 4.82. The van der Waals surface area contributed by atoms with Gasteiger partial charge in [-0.1, -0.05) is 56.4 Å². The van der Waals surface area contributed by atoms with Crippen LogP contribution >= 0.6 is 12.2 Å². The van der Waals surface area contributed by atoms with Gasteiger partial charge in [0, 0.05) is 24.2 Å². The van der Waals surface area contributed by atoms with Crippen molar-refractivity contribution in [2.45, 2.75) is 47.1 Å². The number of rotatable bonds is 7. The molecule has 1 nitrogen and oxygen atoms in total. The van der Waals surface area contributed by atoms with E-state index < -0.39 is 0 Å². The topological polar surface area (TPSA) is 3.24 Å². The van der Waals surface area contributed by atoms with Gasteiger partial charge in [0.2, 0.25) is 0 Å². The highest BCUT2D eigenvalue weighted by Gasteiger charge is 2.12. The fourth-order valence-electron chi connectivity index (χ4n) is 2.40. The normalized spacial score (nSPS) is 11.9. The average molecular weight is 301 g/mol. The van der Waals surface area contributed by atoms with E-state index in [0.717, 1.165) is 29.8 Å². The Kier molecular flexibility index (Phi) is 6.83. The zero-order chi connectivity index (χ0) is 16.0. The van der Waals surface area contributed by atoms with Crippen molar-refractivity contribution < 1.29 is 0 Å². The molecule has 1 rings (SSSR count). The van der Waals surface area contributed by atoms with E-state index >= 15 is 0 Å². The van der Waals surface area contributed by atoms with Gasteiger partial charge in [0.1, 0.15) is 0 Å². The lowest BCUT2D eigenvalue weighted by Gasteiger charge is -2.25. The molecule has 0 unspecified atom stereocenters. The molecule has 0 atom stereocenters. The molecule has 0 bridgehead atoms. The van der Waals surface area contributed by atoms with E-state index in [-0.39, 0.29) is 0 Å². The highest BCUT2D eigenvalue weighted by molar-refractivity contribution is 7.80. The summed E-state index contributed by atoms with van der Waals surface area (Å²) in [6.07, 6.45) is 2.13. The van der Waals surface area contributed by atoms with Gasteiger partial charge in [-0.25, -0.2) is 0 Å². The summed E-state index contributed by atoms with van der Waals surface area (Å²) in [6, 6.07) is 8.54. The Labute approximate surface area is 135 Å². The monoisotopic (exact) mass is 301 g/mol. The number of nitrogens with zero attached hydrogens (tertiary/aromatic N) is 1. The fourth-order valence-corrected chi connectivity index (χ4v) is 2.53. The van der Waals surface area contributed by atoms with Crippen molar-refractivity contribution in [3.05, 3.63) is 58.8 Å². The number of benzene rings is 1. The van der Waals surface area contributed by atoms with Crippen molar-refractivity contribution >= 4 is 17.1 Å². The first-order valence-corrected chi connectivity index (χ1v) is 7.94. The molecule has 0 spiro atoms. The summed E-state index contributed by atoms with van der Waals surface area (Å²) in [6.45, 7) is 13.6. The Bertz CT molecular complexity index is 554. The average Bonchev–Trinajstić information content (AvgIpc) is 2.45. The number of thiocarbonyl (C=S) groups is 1. The van der Waals surface area contributed by atoms with Gasteiger partial charge in [-0.3, -0.25) is 0 Å². The summed E-state index contributed by atoms with van der Waals surface area (Å²) in [7, 11) is 2.14. The molecule has 0 aliphatic rings. The van der Waals surface area contributed by atoms with Crippen molar-refractivity contribution in [1.82, 2.24) is 4.90 Å². The third-order valence-electron chi connectivity index (χ3n) is 3.97. The first-order chi connectivity index (χ1) is 9.88. The van der Waals surface area contributed by atoms with Crippen molar-refractivity contribution in [2.75, 3.05) is 7.05 Å². The predicted octanol–water partition coefficient (Wildman–Crippen LogP) is 5.45. The van der Waals surface area contributed by atoms with E-state index in [1.165, 1.54) is 22.4 Å². The molecule has 0 heterocycles. The van der Waals surface area contributed by atoms with Gasteiger partial charge in [0.25, 0.3) is 0 Å². The van der Waals surface area contributed by atoms with Gasteiger partial charge >= 0.3 is 0 Å². The van der Waals surface area contributed by atoms with Crippen molar-refractivity contribution in [2.24, 2.45) is 0 Å². The summed E-state index contributed by atoms with van der Waals surface area (Å²) in [5, 5.41) is 0. The Hall–Kier alpha value is -1.41.